The van der Waals surface area contributed by atoms with E-state index in [0.717, 1.165) is 5.56 Å². The van der Waals surface area contributed by atoms with Gasteiger partial charge in [-0.3, -0.25) is 4.79 Å². The number of carbonyl (C=O) groups excluding carboxylic acids is 1. The Kier molecular flexibility index (Phi) is 6.30. The molecule has 20 heavy (non-hydrogen) atoms. The number of amides is 1. The third kappa shape index (κ3) is 4.69. The van der Waals surface area contributed by atoms with Gasteiger partial charge in [-0.1, -0.05) is 17.7 Å². The summed E-state index contributed by atoms with van der Waals surface area (Å²) in [6.45, 7) is 5.82. The number of ether oxygens (including phenoxy) is 1. The quantitative estimate of drug-likeness (QED) is 0.878. The molecule has 0 saturated heterocycles. The molecule has 1 amide bonds. The zero-order chi connectivity index (χ0) is 15.3. The maximum atomic E-state index is 11.9. The van der Waals surface area contributed by atoms with Crippen molar-refractivity contribution in [2.24, 2.45) is 5.73 Å². The maximum Gasteiger partial charge on any atom is 0.260 e. The summed E-state index contributed by atoms with van der Waals surface area (Å²) in [5.41, 5.74) is 6.67. The minimum atomic E-state index is -0.0632. The lowest BCUT2D eigenvalue weighted by atomic mass is 10.1. The monoisotopic (exact) mass is 298 g/mol. The van der Waals surface area contributed by atoms with Crippen LogP contribution in [0.5, 0.6) is 5.75 Å². The Morgan fingerprint density at radius 3 is 2.60 bits per heavy atom. The summed E-state index contributed by atoms with van der Waals surface area (Å²) in [5, 5.41) is 0.615. The molecule has 0 aliphatic rings. The van der Waals surface area contributed by atoms with Crippen LogP contribution in [0.25, 0.3) is 0 Å². The Bertz CT molecular complexity index is 461. The van der Waals surface area contributed by atoms with Crippen LogP contribution >= 0.6 is 11.6 Å². The molecule has 0 heterocycles. The van der Waals surface area contributed by atoms with Crippen molar-refractivity contribution >= 4 is 17.5 Å². The Hall–Kier alpha value is -1.26. The molecule has 1 unspecified atom stereocenters. The Balaban J connectivity index is 2.77. The highest BCUT2D eigenvalue weighted by Crippen LogP contribution is 2.27. The first-order valence-electron chi connectivity index (χ1n) is 6.74. The van der Waals surface area contributed by atoms with Crippen LogP contribution < -0.4 is 10.5 Å². The van der Waals surface area contributed by atoms with E-state index in [2.05, 4.69) is 0 Å². The van der Waals surface area contributed by atoms with E-state index in [4.69, 9.17) is 22.1 Å². The molecule has 0 aromatic heterocycles. The molecular weight excluding hydrogens is 276 g/mol. The van der Waals surface area contributed by atoms with Gasteiger partial charge < -0.3 is 15.4 Å². The molecule has 1 aromatic rings. The first-order chi connectivity index (χ1) is 9.32. The summed E-state index contributed by atoms with van der Waals surface area (Å²) < 4.78 is 5.62. The normalized spacial score (nSPS) is 12.3. The summed E-state index contributed by atoms with van der Waals surface area (Å²) in [5.74, 6) is 0.562. The van der Waals surface area contributed by atoms with Gasteiger partial charge in [-0.05, 0) is 39.3 Å². The predicted octanol–water partition coefficient (Wildman–Crippen LogP) is 2.48. The second-order valence-corrected chi connectivity index (χ2v) is 5.69. The number of benzene rings is 1. The molecule has 112 valence electrons. The lowest BCUT2D eigenvalue weighted by Gasteiger charge is -2.22. The van der Waals surface area contributed by atoms with E-state index in [1.54, 1.807) is 24.1 Å². The lowest BCUT2D eigenvalue weighted by Crippen LogP contribution is -2.36. The van der Waals surface area contributed by atoms with Gasteiger partial charge in [-0.2, -0.15) is 0 Å². The van der Waals surface area contributed by atoms with E-state index in [1.807, 2.05) is 26.8 Å². The third-order valence-electron chi connectivity index (χ3n) is 3.12. The fourth-order valence-corrected chi connectivity index (χ4v) is 1.97. The zero-order valence-electron chi connectivity index (χ0n) is 12.5. The number of halogens is 1. The summed E-state index contributed by atoms with van der Waals surface area (Å²) in [6.07, 6.45) is 0.614. The third-order valence-corrected chi connectivity index (χ3v) is 3.48. The molecule has 2 N–H and O–H groups in total. The molecule has 0 aliphatic carbocycles. The molecule has 0 aliphatic heterocycles. The molecule has 1 atom stereocenters. The van der Waals surface area contributed by atoms with E-state index >= 15 is 0 Å². The van der Waals surface area contributed by atoms with Gasteiger partial charge >= 0.3 is 0 Å². The van der Waals surface area contributed by atoms with Crippen molar-refractivity contribution in [3.63, 3.8) is 0 Å². The minimum absolute atomic E-state index is 0.000967. The smallest absolute Gasteiger partial charge is 0.260 e. The van der Waals surface area contributed by atoms with Gasteiger partial charge in [0.2, 0.25) is 0 Å². The fraction of sp³-hybridized carbons (Fsp3) is 0.533. The summed E-state index contributed by atoms with van der Waals surface area (Å²) in [4.78, 5) is 13.6. The topological polar surface area (TPSA) is 55.6 Å². The van der Waals surface area contributed by atoms with Crippen molar-refractivity contribution in [3.05, 3.63) is 28.8 Å². The van der Waals surface area contributed by atoms with Crippen molar-refractivity contribution in [1.29, 1.82) is 0 Å². The number of carbonyl (C=O) groups is 1. The molecule has 5 heteroatoms. The summed E-state index contributed by atoms with van der Waals surface area (Å²) >= 11 is 6.17. The summed E-state index contributed by atoms with van der Waals surface area (Å²) in [6, 6.07) is 5.54. The number of rotatable bonds is 6. The van der Waals surface area contributed by atoms with Crippen LogP contribution in [-0.2, 0) is 11.2 Å². The van der Waals surface area contributed by atoms with Crippen LogP contribution in [-0.4, -0.2) is 36.5 Å². The van der Waals surface area contributed by atoms with Crippen LogP contribution in [0.2, 0.25) is 5.02 Å². The number of likely N-dealkylation sites (N-methyl/N-ethyl adjacent to an activating group) is 1. The Morgan fingerprint density at radius 1 is 1.40 bits per heavy atom. The highest BCUT2D eigenvalue weighted by atomic mass is 35.5. The highest BCUT2D eigenvalue weighted by Gasteiger charge is 2.15. The predicted molar refractivity (Wildman–Crippen MR) is 82.2 cm³/mol. The molecule has 0 radical (unpaired) electrons. The Morgan fingerprint density at radius 2 is 2.05 bits per heavy atom. The second kappa shape index (κ2) is 7.50. The lowest BCUT2D eigenvalue weighted by molar-refractivity contribution is -0.133. The van der Waals surface area contributed by atoms with Crippen LogP contribution in [0.3, 0.4) is 0 Å². The molecule has 0 saturated carbocycles. The zero-order valence-corrected chi connectivity index (χ0v) is 13.3. The number of hydrogen-bond donors (Lipinski definition) is 1. The first kappa shape index (κ1) is 16.8. The number of nitrogens with zero attached hydrogens (tertiary/aromatic N) is 1. The van der Waals surface area contributed by atoms with Gasteiger partial charge in [0.05, 0.1) is 0 Å². The van der Waals surface area contributed by atoms with E-state index in [0.29, 0.717) is 17.2 Å². The van der Waals surface area contributed by atoms with Gasteiger partial charge in [0.25, 0.3) is 5.91 Å². The molecule has 1 aromatic carbocycles. The van der Waals surface area contributed by atoms with E-state index in [9.17, 15) is 4.79 Å². The largest absolute Gasteiger partial charge is 0.483 e. The SMILES string of the molecule is CC(N)Cc1c(Cl)cccc1OCC(=O)N(C)C(C)C. The van der Waals surface area contributed by atoms with Crippen molar-refractivity contribution in [2.75, 3.05) is 13.7 Å². The van der Waals surface area contributed by atoms with Crippen molar-refractivity contribution < 1.29 is 9.53 Å². The van der Waals surface area contributed by atoms with Gasteiger partial charge in [0.15, 0.2) is 6.61 Å². The fourth-order valence-electron chi connectivity index (χ4n) is 1.72. The van der Waals surface area contributed by atoms with Gasteiger partial charge in [-0.15, -0.1) is 0 Å². The van der Waals surface area contributed by atoms with E-state index in [1.165, 1.54) is 0 Å². The van der Waals surface area contributed by atoms with E-state index < -0.39 is 0 Å². The van der Waals surface area contributed by atoms with Crippen molar-refractivity contribution in [3.8, 4) is 5.75 Å². The molecular formula is C15H23ClN2O2. The number of nitrogens with two attached hydrogens (primary N) is 1. The van der Waals surface area contributed by atoms with Crippen LogP contribution in [0.15, 0.2) is 18.2 Å². The van der Waals surface area contributed by atoms with Crippen LogP contribution in [0.4, 0.5) is 0 Å². The van der Waals surface area contributed by atoms with Crippen molar-refractivity contribution in [1.82, 2.24) is 4.90 Å². The van der Waals surface area contributed by atoms with Crippen LogP contribution in [0.1, 0.15) is 26.3 Å². The maximum absolute atomic E-state index is 11.9. The molecule has 0 fully saturated rings. The van der Waals surface area contributed by atoms with Gasteiger partial charge in [0.1, 0.15) is 5.75 Å². The van der Waals surface area contributed by atoms with Crippen molar-refractivity contribution in [2.45, 2.75) is 39.3 Å². The Labute approximate surface area is 125 Å². The average Bonchev–Trinajstić information content (AvgIpc) is 2.37. The molecule has 0 spiro atoms. The minimum Gasteiger partial charge on any atom is -0.483 e. The highest BCUT2D eigenvalue weighted by molar-refractivity contribution is 6.31. The first-order valence-corrected chi connectivity index (χ1v) is 7.12. The molecule has 1 rings (SSSR count). The van der Waals surface area contributed by atoms with E-state index in [-0.39, 0.29) is 24.6 Å². The molecule has 4 nitrogen and oxygen atoms in total. The van der Waals surface area contributed by atoms with Gasteiger partial charge in [-0.25, -0.2) is 0 Å². The number of hydrogen-bond acceptors (Lipinski definition) is 3. The molecule has 0 bridgehead atoms. The standard InChI is InChI=1S/C15H23ClN2O2/c1-10(2)18(4)15(19)9-20-14-7-5-6-13(16)12(14)8-11(3)17/h5-7,10-11H,8-9,17H2,1-4H3. The second-order valence-electron chi connectivity index (χ2n) is 5.29. The average molecular weight is 299 g/mol. The summed E-state index contributed by atoms with van der Waals surface area (Å²) in [7, 11) is 1.76. The van der Waals surface area contributed by atoms with Gasteiger partial charge in [0, 0.05) is 29.7 Å². The van der Waals surface area contributed by atoms with Crippen LogP contribution in [0, 0.1) is 0 Å².